The summed E-state index contributed by atoms with van der Waals surface area (Å²) < 4.78 is 0. The Labute approximate surface area is 147 Å². The van der Waals surface area contributed by atoms with Crippen LogP contribution in [0.2, 0.25) is 0 Å². The van der Waals surface area contributed by atoms with Crippen molar-refractivity contribution in [1.82, 2.24) is 9.80 Å². The van der Waals surface area contributed by atoms with Gasteiger partial charge in [0.25, 0.3) is 5.69 Å². The molecule has 2 saturated heterocycles. The standard InChI is InChI=1S/C18H25N3O4/c22-17-4-3-16(21(24)25)12-15(17)13-19-9-5-14(6-10-19)11-18(23)20-7-1-2-8-20/h3-4,12,14,22H,1-2,5-11,13H2. The van der Waals surface area contributed by atoms with Crippen LogP contribution in [0.3, 0.4) is 0 Å². The molecule has 0 saturated carbocycles. The van der Waals surface area contributed by atoms with E-state index in [1.807, 2.05) is 4.90 Å². The molecule has 0 aromatic heterocycles. The Morgan fingerprint density at radius 1 is 1.20 bits per heavy atom. The third kappa shape index (κ3) is 4.48. The number of nitro benzene ring substituents is 1. The molecule has 7 nitrogen and oxygen atoms in total. The number of carbonyl (C=O) groups is 1. The van der Waals surface area contributed by atoms with Crippen molar-refractivity contribution in [2.24, 2.45) is 5.92 Å². The smallest absolute Gasteiger partial charge is 0.270 e. The first-order valence-corrected chi connectivity index (χ1v) is 8.99. The highest BCUT2D eigenvalue weighted by Crippen LogP contribution is 2.27. The van der Waals surface area contributed by atoms with Gasteiger partial charge in [-0.15, -0.1) is 0 Å². The van der Waals surface area contributed by atoms with Crippen molar-refractivity contribution >= 4 is 11.6 Å². The van der Waals surface area contributed by atoms with Crippen molar-refractivity contribution in [3.63, 3.8) is 0 Å². The van der Waals surface area contributed by atoms with Gasteiger partial charge in [0.15, 0.2) is 0 Å². The second-order valence-corrected chi connectivity index (χ2v) is 7.08. The normalized spacial score (nSPS) is 19.3. The Hall–Kier alpha value is -2.15. The topological polar surface area (TPSA) is 86.9 Å². The number of piperidine rings is 1. The van der Waals surface area contributed by atoms with E-state index in [0.29, 0.717) is 24.4 Å². The van der Waals surface area contributed by atoms with E-state index in [9.17, 15) is 20.0 Å². The first-order chi connectivity index (χ1) is 12.0. The summed E-state index contributed by atoms with van der Waals surface area (Å²) in [5.41, 5.74) is 0.583. The third-order valence-corrected chi connectivity index (χ3v) is 5.30. The number of carbonyl (C=O) groups excluding carboxylic acids is 1. The molecule has 0 spiro atoms. The maximum absolute atomic E-state index is 12.2. The number of hydrogen-bond acceptors (Lipinski definition) is 5. The average molecular weight is 347 g/mol. The van der Waals surface area contributed by atoms with Crippen molar-refractivity contribution in [1.29, 1.82) is 0 Å². The molecule has 0 radical (unpaired) electrons. The molecule has 0 atom stereocenters. The van der Waals surface area contributed by atoms with Crippen LogP contribution in [0.15, 0.2) is 18.2 Å². The van der Waals surface area contributed by atoms with Crippen LogP contribution < -0.4 is 0 Å². The minimum absolute atomic E-state index is 0.00102. The lowest BCUT2D eigenvalue weighted by atomic mass is 9.92. The fourth-order valence-electron chi connectivity index (χ4n) is 3.74. The van der Waals surface area contributed by atoms with Crippen molar-refractivity contribution in [3.8, 4) is 5.75 Å². The number of aromatic hydroxyl groups is 1. The molecule has 2 aliphatic heterocycles. The minimum atomic E-state index is -0.445. The SMILES string of the molecule is O=C(CC1CCN(Cc2cc([N+](=O)[O-])ccc2O)CC1)N1CCCC1. The van der Waals surface area contributed by atoms with Gasteiger partial charge >= 0.3 is 0 Å². The second kappa shape index (κ2) is 7.82. The van der Waals surface area contributed by atoms with E-state index in [1.54, 1.807) is 0 Å². The van der Waals surface area contributed by atoms with E-state index < -0.39 is 4.92 Å². The summed E-state index contributed by atoms with van der Waals surface area (Å²) in [5.74, 6) is 0.798. The number of hydrogen-bond donors (Lipinski definition) is 1. The predicted octanol–water partition coefficient (Wildman–Crippen LogP) is 2.52. The Morgan fingerprint density at radius 3 is 2.52 bits per heavy atom. The number of nitrogens with zero attached hydrogens (tertiary/aromatic N) is 3. The molecule has 1 aromatic carbocycles. The van der Waals surface area contributed by atoms with Crippen LogP contribution in [0.1, 0.15) is 37.7 Å². The zero-order chi connectivity index (χ0) is 17.8. The lowest BCUT2D eigenvalue weighted by Gasteiger charge is -2.32. The summed E-state index contributed by atoms with van der Waals surface area (Å²) in [6.45, 7) is 4.01. The van der Waals surface area contributed by atoms with Crippen LogP contribution in [0, 0.1) is 16.0 Å². The summed E-state index contributed by atoms with van der Waals surface area (Å²) in [4.78, 5) is 26.9. The van der Waals surface area contributed by atoms with Gasteiger partial charge in [0.2, 0.25) is 5.91 Å². The minimum Gasteiger partial charge on any atom is -0.508 e. The molecular formula is C18H25N3O4. The van der Waals surface area contributed by atoms with Crippen LogP contribution in [0.25, 0.3) is 0 Å². The van der Waals surface area contributed by atoms with E-state index in [2.05, 4.69) is 4.90 Å². The maximum Gasteiger partial charge on any atom is 0.270 e. The van der Waals surface area contributed by atoms with Gasteiger partial charge < -0.3 is 10.0 Å². The molecule has 1 N–H and O–H groups in total. The lowest BCUT2D eigenvalue weighted by molar-refractivity contribution is -0.385. The van der Waals surface area contributed by atoms with E-state index in [-0.39, 0.29) is 17.3 Å². The number of rotatable bonds is 5. The van der Waals surface area contributed by atoms with Gasteiger partial charge in [-0.2, -0.15) is 0 Å². The van der Waals surface area contributed by atoms with Crippen LogP contribution in [0.4, 0.5) is 5.69 Å². The van der Waals surface area contributed by atoms with Gasteiger partial charge in [-0.25, -0.2) is 0 Å². The Morgan fingerprint density at radius 2 is 1.88 bits per heavy atom. The monoisotopic (exact) mass is 347 g/mol. The number of amides is 1. The zero-order valence-electron chi connectivity index (χ0n) is 14.4. The molecule has 136 valence electrons. The Kier molecular flexibility index (Phi) is 5.53. The van der Waals surface area contributed by atoms with E-state index in [4.69, 9.17) is 0 Å². The van der Waals surface area contributed by atoms with Gasteiger partial charge in [0.05, 0.1) is 4.92 Å². The molecule has 2 aliphatic rings. The van der Waals surface area contributed by atoms with Crippen molar-refractivity contribution < 1.29 is 14.8 Å². The van der Waals surface area contributed by atoms with Gasteiger partial charge in [-0.05, 0) is 50.8 Å². The largest absolute Gasteiger partial charge is 0.508 e. The molecule has 2 fully saturated rings. The zero-order valence-corrected chi connectivity index (χ0v) is 14.4. The second-order valence-electron chi connectivity index (χ2n) is 7.08. The first-order valence-electron chi connectivity index (χ1n) is 8.99. The average Bonchev–Trinajstić information content (AvgIpc) is 3.13. The molecule has 25 heavy (non-hydrogen) atoms. The van der Waals surface area contributed by atoms with Gasteiger partial charge in [-0.3, -0.25) is 19.8 Å². The number of nitro groups is 1. The van der Waals surface area contributed by atoms with E-state index in [0.717, 1.165) is 51.9 Å². The summed E-state index contributed by atoms with van der Waals surface area (Å²) >= 11 is 0. The number of benzene rings is 1. The molecule has 0 aliphatic carbocycles. The Bertz CT molecular complexity index is 635. The van der Waals surface area contributed by atoms with E-state index in [1.165, 1.54) is 18.2 Å². The molecule has 1 amide bonds. The van der Waals surface area contributed by atoms with E-state index >= 15 is 0 Å². The molecule has 0 unspecified atom stereocenters. The van der Waals surface area contributed by atoms with Crippen molar-refractivity contribution in [2.45, 2.75) is 38.6 Å². The quantitative estimate of drug-likeness (QED) is 0.653. The highest BCUT2D eigenvalue weighted by atomic mass is 16.6. The van der Waals surface area contributed by atoms with Crippen LogP contribution in [0.5, 0.6) is 5.75 Å². The number of phenols is 1. The van der Waals surface area contributed by atoms with Crippen LogP contribution >= 0.6 is 0 Å². The maximum atomic E-state index is 12.2. The van der Waals surface area contributed by atoms with Crippen molar-refractivity contribution in [2.75, 3.05) is 26.2 Å². The Balaban J connectivity index is 1.50. The number of phenolic OH excluding ortho intramolecular Hbond substituents is 1. The lowest BCUT2D eigenvalue weighted by Crippen LogP contribution is -2.36. The predicted molar refractivity (Wildman–Crippen MR) is 93.2 cm³/mol. The van der Waals surface area contributed by atoms with Crippen LogP contribution in [-0.2, 0) is 11.3 Å². The molecule has 7 heteroatoms. The molecule has 2 heterocycles. The highest BCUT2D eigenvalue weighted by molar-refractivity contribution is 5.76. The molecule has 0 bridgehead atoms. The van der Waals surface area contributed by atoms with Gasteiger partial charge in [0, 0.05) is 43.8 Å². The molecule has 3 rings (SSSR count). The summed E-state index contributed by atoms with van der Waals surface area (Å²) in [6, 6.07) is 4.14. The highest BCUT2D eigenvalue weighted by Gasteiger charge is 2.25. The fourth-order valence-corrected chi connectivity index (χ4v) is 3.74. The summed E-state index contributed by atoms with van der Waals surface area (Å²) in [6.07, 6.45) is 4.79. The van der Waals surface area contributed by atoms with Gasteiger partial charge in [0.1, 0.15) is 5.75 Å². The number of likely N-dealkylation sites (tertiary alicyclic amines) is 2. The summed E-state index contributed by atoms with van der Waals surface area (Å²) in [5, 5.41) is 20.8. The van der Waals surface area contributed by atoms with Crippen molar-refractivity contribution in [3.05, 3.63) is 33.9 Å². The molecular weight excluding hydrogens is 322 g/mol. The molecule has 1 aromatic rings. The van der Waals surface area contributed by atoms with Crippen LogP contribution in [-0.4, -0.2) is 51.9 Å². The summed E-state index contributed by atoms with van der Waals surface area (Å²) in [7, 11) is 0. The first kappa shape index (κ1) is 17.7. The van der Waals surface area contributed by atoms with Gasteiger partial charge in [-0.1, -0.05) is 0 Å². The number of non-ortho nitro benzene ring substituents is 1. The third-order valence-electron chi connectivity index (χ3n) is 5.30. The fraction of sp³-hybridized carbons (Fsp3) is 0.611.